The molecule has 0 aromatic rings. The summed E-state index contributed by atoms with van der Waals surface area (Å²) >= 11 is 0. The number of hydrogen-bond donors (Lipinski definition) is 0. The van der Waals surface area contributed by atoms with E-state index in [1.165, 1.54) is 0 Å². The van der Waals surface area contributed by atoms with E-state index >= 15 is 0 Å². The molecule has 0 aromatic heterocycles. The molecule has 0 saturated carbocycles. The van der Waals surface area contributed by atoms with Gasteiger partial charge in [-0.3, -0.25) is 0 Å². The van der Waals surface area contributed by atoms with Crippen molar-refractivity contribution in [3.63, 3.8) is 0 Å². The van der Waals surface area contributed by atoms with Gasteiger partial charge in [-0.2, -0.15) is 4.91 Å². The van der Waals surface area contributed by atoms with E-state index in [0.717, 1.165) is 32.1 Å². The van der Waals surface area contributed by atoms with Gasteiger partial charge in [0.1, 0.15) is 5.54 Å². The van der Waals surface area contributed by atoms with Gasteiger partial charge < -0.3 is 0 Å². The van der Waals surface area contributed by atoms with Crippen molar-refractivity contribution in [2.75, 3.05) is 0 Å². The Morgan fingerprint density at radius 2 is 1.73 bits per heavy atom. The largest absolute Gasteiger partial charge is 0.150 e. The Labute approximate surface area is 69.4 Å². The topological polar surface area (TPSA) is 29.4 Å². The lowest BCUT2D eigenvalue weighted by molar-refractivity contribution is 0.356. The van der Waals surface area contributed by atoms with Crippen molar-refractivity contribution in [2.24, 2.45) is 5.18 Å². The molecule has 2 nitrogen and oxygen atoms in total. The van der Waals surface area contributed by atoms with Crippen LogP contribution in [0.2, 0.25) is 0 Å². The highest BCUT2D eigenvalue weighted by molar-refractivity contribution is 4.84. The standard InChI is InChI=1S/C9H19NO/c1-4-7-8-9(5-2,6-3)10-11/h4-8H2,1-3H3. The third-order valence-electron chi connectivity index (χ3n) is 2.51. The van der Waals surface area contributed by atoms with Gasteiger partial charge in [-0.15, -0.1) is 0 Å². The molecule has 0 saturated heterocycles. The normalized spacial score (nSPS) is 11.5. The lowest BCUT2D eigenvalue weighted by Crippen LogP contribution is -2.23. The highest BCUT2D eigenvalue weighted by atomic mass is 16.3. The maximum absolute atomic E-state index is 10.5. The molecule has 0 aliphatic heterocycles. The van der Waals surface area contributed by atoms with E-state index in [0.29, 0.717) is 0 Å². The summed E-state index contributed by atoms with van der Waals surface area (Å²) in [4.78, 5) is 10.5. The van der Waals surface area contributed by atoms with Gasteiger partial charge in [-0.1, -0.05) is 38.8 Å². The van der Waals surface area contributed by atoms with Gasteiger partial charge in [0, 0.05) is 0 Å². The number of nitroso groups, excluding NO2 is 1. The smallest absolute Gasteiger partial charge is 0.102 e. The van der Waals surface area contributed by atoms with Crippen molar-refractivity contribution in [3.05, 3.63) is 4.91 Å². The van der Waals surface area contributed by atoms with Gasteiger partial charge >= 0.3 is 0 Å². The minimum absolute atomic E-state index is 0.254. The zero-order chi connectivity index (χ0) is 8.74. The minimum Gasteiger partial charge on any atom is -0.150 e. The average molecular weight is 157 g/mol. The summed E-state index contributed by atoms with van der Waals surface area (Å²) in [7, 11) is 0. The second-order valence-electron chi connectivity index (χ2n) is 3.13. The van der Waals surface area contributed by atoms with Crippen molar-refractivity contribution in [3.8, 4) is 0 Å². The van der Waals surface area contributed by atoms with Gasteiger partial charge in [-0.05, 0) is 19.3 Å². The summed E-state index contributed by atoms with van der Waals surface area (Å²) in [6, 6.07) is 0. The van der Waals surface area contributed by atoms with Crippen LogP contribution in [0.1, 0.15) is 52.9 Å². The first-order valence-corrected chi connectivity index (χ1v) is 4.59. The predicted octanol–water partition coefficient (Wildman–Crippen LogP) is 3.50. The molecule has 0 aliphatic carbocycles. The fraction of sp³-hybridized carbons (Fsp3) is 1.00. The van der Waals surface area contributed by atoms with E-state index in [4.69, 9.17) is 0 Å². The fourth-order valence-electron chi connectivity index (χ4n) is 1.28. The first-order chi connectivity index (χ1) is 5.24. The van der Waals surface area contributed by atoms with Crippen LogP contribution in [0.4, 0.5) is 0 Å². The first kappa shape index (κ1) is 10.6. The van der Waals surface area contributed by atoms with E-state index < -0.39 is 0 Å². The molecule has 0 bridgehead atoms. The van der Waals surface area contributed by atoms with Crippen LogP contribution in [-0.4, -0.2) is 5.54 Å². The molecule has 0 N–H and O–H groups in total. The molecule has 0 unspecified atom stereocenters. The molecule has 0 atom stereocenters. The molecule has 0 rings (SSSR count). The number of nitrogens with zero attached hydrogens (tertiary/aromatic N) is 1. The zero-order valence-electron chi connectivity index (χ0n) is 7.89. The van der Waals surface area contributed by atoms with Crippen molar-refractivity contribution in [1.82, 2.24) is 0 Å². The Morgan fingerprint density at radius 3 is 2.00 bits per heavy atom. The molecule has 0 spiro atoms. The Balaban J connectivity index is 3.94. The van der Waals surface area contributed by atoms with E-state index in [1.807, 2.05) is 13.8 Å². The Kier molecular flexibility index (Phi) is 5.08. The summed E-state index contributed by atoms with van der Waals surface area (Å²) in [5, 5.41) is 3.24. The van der Waals surface area contributed by atoms with Crippen LogP contribution < -0.4 is 0 Å². The first-order valence-electron chi connectivity index (χ1n) is 4.59. The molecule has 0 radical (unpaired) electrons. The van der Waals surface area contributed by atoms with Gasteiger partial charge in [0.15, 0.2) is 0 Å². The van der Waals surface area contributed by atoms with E-state index in [9.17, 15) is 4.91 Å². The molecule has 2 heteroatoms. The molecule has 66 valence electrons. The second kappa shape index (κ2) is 5.28. The summed E-state index contributed by atoms with van der Waals surface area (Å²) in [6.07, 6.45) is 4.99. The Bertz CT molecular complexity index is 108. The minimum atomic E-state index is -0.254. The maximum Gasteiger partial charge on any atom is 0.102 e. The van der Waals surface area contributed by atoms with Gasteiger partial charge in [0.25, 0.3) is 0 Å². The van der Waals surface area contributed by atoms with E-state index in [1.54, 1.807) is 0 Å². The van der Waals surface area contributed by atoms with Crippen molar-refractivity contribution < 1.29 is 0 Å². The third kappa shape index (κ3) is 3.00. The molecule has 0 amide bonds. The van der Waals surface area contributed by atoms with Crippen LogP contribution in [0.25, 0.3) is 0 Å². The van der Waals surface area contributed by atoms with E-state index in [-0.39, 0.29) is 5.54 Å². The van der Waals surface area contributed by atoms with Crippen LogP contribution in [0.15, 0.2) is 5.18 Å². The third-order valence-corrected chi connectivity index (χ3v) is 2.51. The van der Waals surface area contributed by atoms with Crippen LogP contribution in [0.5, 0.6) is 0 Å². The summed E-state index contributed by atoms with van der Waals surface area (Å²) < 4.78 is 0. The zero-order valence-corrected chi connectivity index (χ0v) is 7.89. The lowest BCUT2D eigenvalue weighted by Gasteiger charge is -2.22. The second-order valence-corrected chi connectivity index (χ2v) is 3.13. The average Bonchev–Trinajstić information content (AvgIpc) is 2.08. The van der Waals surface area contributed by atoms with Gasteiger partial charge in [0.05, 0.1) is 0 Å². The number of unbranched alkanes of at least 4 members (excludes halogenated alkanes) is 1. The Hall–Kier alpha value is -0.400. The molecule has 11 heavy (non-hydrogen) atoms. The van der Waals surface area contributed by atoms with Gasteiger partial charge in [0.2, 0.25) is 0 Å². The van der Waals surface area contributed by atoms with Crippen LogP contribution in [0, 0.1) is 4.91 Å². The molecular weight excluding hydrogens is 138 g/mol. The van der Waals surface area contributed by atoms with Crippen molar-refractivity contribution in [1.29, 1.82) is 0 Å². The fourth-order valence-corrected chi connectivity index (χ4v) is 1.28. The summed E-state index contributed by atoms with van der Waals surface area (Å²) in [6.45, 7) is 6.22. The van der Waals surface area contributed by atoms with Crippen LogP contribution in [-0.2, 0) is 0 Å². The quantitative estimate of drug-likeness (QED) is 0.542. The molecule has 0 aromatic carbocycles. The van der Waals surface area contributed by atoms with E-state index in [2.05, 4.69) is 12.1 Å². The van der Waals surface area contributed by atoms with Crippen molar-refractivity contribution >= 4 is 0 Å². The highest BCUT2D eigenvalue weighted by Gasteiger charge is 2.25. The monoisotopic (exact) mass is 157 g/mol. The highest BCUT2D eigenvalue weighted by Crippen LogP contribution is 2.26. The number of hydrogen-bond acceptors (Lipinski definition) is 2. The van der Waals surface area contributed by atoms with Crippen LogP contribution in [0.3, 0.4) is 0 Å². The number of rotatable bonds is 6. The summed E-state index contributed by atoms with van der Waals surface area (Å²) in [5.41, 5.74) is -0.254. The molecule has 0 heterocycles. The predicted molar refractivity (Wildman–Crippen MR) is 48.6 cm³/mol. The lowest BCUT2D eigenvalue weighted by atomic mass is 9.88. The Morgan fingerprint density at radius 1 is 1.18 bits per heavy atom. The molecule has 0 fully saturated rings. The molecule has 0 aliphatic rings. The van der Waals surface area contributed by atoms with Crippen molar-refractivity contribution in [2.45, 2.75) is 58.4 Å². The SMILES string of the molecule is CCCCC(CC)(CC)N=O. The molecular formula is C9H19NO. The van der Waals surface area contributed by atoms with Gasteiger partial charge in [-0.25, -0.2) is 0 Å². The van der Waals surface area contributed by atoms with Crippen LogP contribution >= 0.6 is 0 Å². The maximum atomic E-state index is 10.5. The summed E-state index contributed by atoms with van der Waals surface area (Å²) in [5.74, 6) is 0.